The van der Waals surface area contributed by atoms with E-state index in [-0.39, 0.29) is 0 Å². The predicted octanol–water partition coefficient (Wildman–Crippen LogP) is 2.49. The first-order chi connectivity index (χ1) is 9.60. The van der Waals surface area contributed by atoms with Gasteiger partial charge in [-0.2, -0.15) is 0 Å². The number of piperidine rings is 1. The van der Waals surface area contributed by atoms with Crippen molar-refractivity contribution in [2.75, 3.05) is 45.7 Å². The van der Waals surface area contributed by atoms with E-state index in [1.807, 2.05) is 7.05 Å². The molecular formula is C17H29N3. The fourth-order valence-electron chi connectivity index (χ4n) is 3.16. The Labute approximate surface area is 124 Å². The molecule has 112 valence electrons. The first kappa shape index (κ1) is 15.3. The van der Waals surface area contributed by atoms with Gasteiger partial charge < -0.3 is 15.1 Å². The minimum absolute atomic E-state index is 0.867. The number of rotatable bonds is 5. The summed E-state index contributed by atoms with van der Waals surface area (Å²) in [6.45, 7) is 6.80. The van der Waals surface area contributed by atoms with Gasteiger partial charge in [-0.1, -0.05) is 6.07 Å². The van der Waals surface area contributed by atoms with Gasteiger partial charge in [-0.15, -0.1) is 0 Å². The highest BCUT2D eigenvalue weighted by molar-refractivity contribution is 5.51. The van der Waals surface area contributed by atoms with Gasteiger partial charge in [0.25, 0.3) is 0 Å². The first-order valence-corrected chi connectivity index (χ1v) is 7.74. The minimum Gasteiger partial charge on any atom is -0.372 e. The van der Waals surface area contributed by atoms with Crippen molar-refractivity contribution in [1.82, 2.24) is 10.2 Å². The van der Waals surface area contributed by atoms with Gasteiger partial charge in [0.1, 0.15) is 0 Å². The van der Waals surface area contributed by atoms with Crippen molar-refractivity contribution in [2.45, 2.75) is 26.3 Å². The summed E-state index contributed by atoms with van der Waals surface area (Å²) in [4.78, 5) is 4.86. The molecule has 3 nitrogen and oxygen atoms in total. The van der Waals surface area contributed by atoms with E-state index in [2.05, 4.69) is 54.3 Å². The topological polar surface area (TPSA) is 18.5 Å². The zero-order valence-electron chi connectivity index (χ0n) is 13.4. The largest absolute Gasteiger partial charge is 0.372 e. The highest BCUT2D eigenvalue weighted by atomic mass is 15.1. The Morgan fingerprint density at radius 1 is 1.25 bits per heavy atom. The molecule has 1 saturated heterocycles. The van der Waals surface area contributed by atoms with Crippen molar-refractivity contribution >= 4 is 5.69 Å². The third-order valence-corrected chi connectivity index (χ3v) is 4.30. The van der Waals surface area contributed by atoms with Crippen LogP contribution in [0.25, 0.3) is 0 Å². The predicted molar refractivity (Wildman–Crippen MR) is 87.4 cm³/mol. The lowest BCUT2D eigenvalue weighted by Gasteiger charge is -2.35. The van der Waals surface area contributed by atoms with Gasteiger partial charge in [-0.3, -0.25) is 0 Å². The average Bonchev–Trinajstić information content (AvgIpc) is 2.41. The zero-order chi connectivity index (χ0) is 14.5. The number of aryl methyl sites for hydroxylation is 1. The van der Waals surface area contributed by atoms with Crippen molar-refractivity contribution in [3.63, 3.8) is 0 Å². The second-order valence-electron chi connectivity index (χ2n) is 6.33. The summed E-state index contributed by atoms with van der Waals surface area (Å²) >= 11 is 0. The lowest BCUT2D eigenvalue weighted by atomic mass is 9.95. The summed E-state index contributed by atoms with van der Waals surface area (Å²) in [6.07, 6.45) is 2.63. The summed E-state index contributed by atoms with van der Waals surface area (Å²) in [5.74, 6) is 0.867. The molecule has 0 amide bonds. The molecule has 3 heteroatoms. The Hall–Kier alpha value is -1.06. The molecule has 0 bridgehead atoms. The quantitative estimate of drug-likeness (QED) is 0.891. The number of hydrogen-bond acceptors (Lipinski definition) is 3. The number of benzene rings is 1. The summed E-state index contributed by atoms with van der Waals surface area (Å²) in [5, 5.41) is 3.23. The Bertz CT molecular complexity index is 420. The first-order valence-electron chi connectivity index (χ1n) is 7.74. The van der Waals surface area contributed by atoms with Crippen LogP contribution in [0.2, 0.25) is 0 Å². The van der Waals surface area contributed by atoms with E-state index < -0.39 is 0 Å². The Morgan fingerprint density at radius 2 is 1.95 bits per heavy atom. The van der Waals surface area contributed by atoms with Crippen LogP contribution in [0.3, 0.4) is 0 Å². The van der Waals surface area contributed by atoms with Crippen LogP contribution < -0.4 is 10.2 Å². The summed E-state index contributed by atoms with van der Waals surface area (Å²) in [5.41, 5.74) is 4.19. The maximum Gasteiger partial charge on any atom is 0.0369 e. The molecule has 20 heavy (non-hydrogen) atoms. The van der Waals surface area contributed by atoms with Gasteiger partial charge in [0, 0.05) is 31.9 Å². The monoisotopic (exact) mass is 275 g/mol. The normalized spacial score (nSPS) is 16.9. The second-order valence-corrected chi connectivity index (χ2v) is 6.33. The van der Waals surface area contributed by atoms with Crippen molar-refractivity contribution in [3.8, 4) is 0 Å². The molecule has 1 aliphatic rings. The molecule has 0 atom stereocenters. The molecule has 1 N–H and O–H groups in total. The SMILES string of the molecule is CNCc1ccc(N2CCC(CN(C)C)CC2)cc1C. The van der Waals surface area contributed by atoms with E-state index in [9.17, 15) is 0 Å². The standard InChI is InChI=1S/C17H29N3/c1-14-11-17(6-5-16(14)12-18-2)20-9-7-15(8-10-20)13-19(3)4/h5-6,11,15,18H,7-10,12-13H2,1-4H3. The number of nitrogens with zero attached hydrogens (tertiary/aromatic N) is 2. The van der Waals surface area contributed by atoms with Crippen molar-refractivity contribution < 1.29 is 0 Å². The van der Waals surface area contributed by atoms with E-state index in [4.69, 9.17) is 0 Å². The van der Waals surface area contributed by atoms with E-state index >= 15 is 0 Å². The van der Waals surface area contributed by atoms with Crippen LogP contribution in [-0.2, 0) is 6.54 Å². The molecular weight excluding hydrogens is 246 g/mol. The van der Waals surface area contributed by atoms with Gasteiger partial charge >= 0.3 is 0 Å². The Balaban J connectivity index is 1.95. The number of anilines is 1. The highest BCUT2D eigenvalue weighted by Crippen LogP contribution is 2.25. The molecule has 1 heterocycles. The van der Waals surface area contributed by atoms with E-state index in [0.29, 0.717) is 0 Å². The van der Waals surface area contributed by atoms with Gasteiger partial charge in [0.05, 0.1) is 0 Å². The fourth-order valence-corrected chi connectivity index (χ4v) is 3.16. The molecule has 0 unspecified atom stereocenters. The van der Waals surface area contributed by atoms with Crippen LogP contribution in [0.15, 0.2) is 18.2 Å². The summed E-state index contributed by atoms with van der Waals surface area (Å²) in [6, 6.07) is 6.90. The molecule has 2 rings (SSSR count). The van der Waals surface area contributed by atoms with Crippen LogP contribution in [0.1, 0.15) is 24.0 Å². The molecule has 1 aromatic rings. The third-order valence-electron chi connectivity index (χ3n) is 4.30. The van der Waals surface area contributed by atoms with Gasteiger partial charge in [-0.05, 0) is 70.1 Å². The van der Waals surface area contributed by atoms with Crippen LogP contribution in [0.4, 0.5) is 5.69 Å². The maximum absolute atomic E-state index is 3.23. The average molecular weight is 275 g/mol. The van der Waals surface area contributed by atoms with E-state index in [1.165, 1.54) is 49.3 Å². The van der Waals surface area contributed by atoms with Crippen molar-refractivity contribution in [3.05, 3.63) is 29.3 Å². The smallest absolute Gasteiger partial charge is 0.0369 e. The lowest BCUT2D eigenvalue weighted by Crippen LogP contribution is -2.37. The Kier molecular flexibility index (Phi) is 5.44. The molecule has 0 radical (unpaired) electrons. The van der Waals surface area contributed by atoms with E-state index in [0.717, 1.165) is 12.5 Å². The van der Waals surface area contributed by atoms with Crippen molar-refractivity contribution in [2.24, 2.45) is 5.92 Å². The number of nitrogens with one attached hydrogen (secondary N) is 1. The zero-order valence-corrected chi connectivity index (χ0v) is 13.4. The van der Waals surface area contributed by atoms with Gasteiger partial charge in [0.15, 0.2) is 0 Å². The summed E-state index contributed by atoms with van der Waals surface area (Å²) in [7, 11) is 6.36. The molecule has 0 aliphatic carbocycles. The molecule has 1 aliphatic heterocycles. The highest BCUT2D eigenvalue weighted by Gasteiger charge is 2.20. The molecule has 0 saturated carbocycles. The van der Waals surface area contributed by atoms with Crippen LogP contribution in [0.5, 0.6) is 0 Å². The lowest BCUT2D eigenvalue weighted by molar-refractivity contribution is 0.285. The van der Waals surface area contributed by atoms with Crippen LogP contribution >= 0.6 is 0 Å². The van der Waals surface area contributed by atoms with E-state index in [1.54, 1.807) is 0 Å². The second kappa shape index (κ2) is 7.09. The van der Waals surface area contributed by atoms with Crippen LogP contribution in [-0.4, -0.2) is 45.7 Å². The Morgan fingerprint density at radius 3 is 2.50 bits per heavy atom. The summed E-state index contributed by atoms with van der Waals surface area (Å²) < 4.78 is 0. The fraction of sp³-hybridized carbons (Fsp3) is 0.647. The maximum atomic E-state index is 3.23. The van der Waals surface area contributed by atoms with Crippen LogP contribution in [0, 0.1) is 12.8 Å². The van der Waals surface area contributed by atoms with Gasteiger partial charge in [-0.25, -0.2) is 0 Å². The number of hydrogen-bond donors (Lipinski definition) is 1. The molecule has 1 aromatic carbocycles. The molecule has 0 spiro atoms. The molecule has 0 aromatic heterocycles. The minimum atomic E-state index is 0.867. The van der Waals surface area contributed by atoms with Crippen molar-refractivity contribution in [1.29, 1.82) is 0 Å². The third kappa shape index (κ3) is 3.97. The van der Waals surface area contributed by atoms with Gasteiger partial charge in [0.2, 0.25) is 0 Å². The molecule has 1 fully saturated rings.